The summed E-state index contributed by atoms with van der Waals surface area (Å²) in [5, 5.41) is 9.26. The smallest absolute Gasteiger partial charge is 0.222 e. The molecular weight excluding hydrogens is 356 g/mol. The number of carbonyl (C=O) groups excluding carboxylic acids is 1. The van der Waals surface area contributed by atoms with Gasteiger partial charge in [0.25, 0.3) is 0 Å². The zero-order valence-corrected chi connectivity index (χ0v) is 16.0. The van der Waals surface area contributed by atoms with Crippen molar-refractivity contribution in [1.82, 2.24) is 10.6 Å². The van der Waals surface area contributed by atoms with E-state index in [0.29, 0.717) is 38.7 Å². The molecule has 28 heavy (non-hydrogen) atoms. The lowest BCUT2D eigenvalue weighted by Crippen LogP contribution is -2.34. The molecule has 3 rings (SSSR count). The van der Waals surface area contributed by atoms with E-state index in [9.17, 15) is 4.79 Å². The maximum Gasteiger partial charge on any atom is 0.222 e. The van der Waals surface area contributed by atoms with Gasteiger partial charge in [0, 0.05) is 44.7 Å². The van der Waals surface area contributed by atoms with Gasteiger partial charge < -0.3 is 25.4 Å². The van der Waals surface area contributed by atoms with Gasteiger partial charge in [-0.3, -0.25) is 9.79 Å². The zero-order valence-electron chi connectivity index (χ0n) is 16.0. The van der Waals surface area contributed by atoms with Crippen molar-refractivity contribution in [3.05, 3.63) is 54.1 Å². The van der Waals surface area contributed by atoms with Crippen LogP contribution in [0.5, 0.6) is 11.5 Å². The summed E-state index contributed by atoms with van der Waals surface area (Å²) >= 11 is 0. The Labute approximate surface area is 165 Å². The Morgan fingerprint density at radius 1 is 1.04 bits per heavy atom. The van der Waals surface area contributed by atoms with Crippen LogP contribution in [0.2, 0.25) is 0 Å². The molecule has 0 unspecified atom stereocenters. The highest BCUT2D eigenvalue weighted by Gasteiger charge is 2.11. The Morgan fingerprint density at radius 2 is 1.82 bits per heavy atom. The standard InChI is InChI=1S/C21H26N4O3/c1-22-21(23-11-10-20(26)24-15-16-6-3-2-4-7-16)25-17-8-9-18-19(14-17)28-13-5-12-27-18/h2-4,6-9,14H,5,10-13,15H2,1H3,(H,24,26)(H2,22,23,25). The fraction of sp³-hybridized carbons (Fsp3) is 0.333. The van der Waals surface area contributed by atoms with Crippen molar-refractivity contribution in [2.45, 2.75) is 19.4 Å². The maximum atomic E-state index is 12.0. The van der Waals surface area contributed by atoms with Gasteiger partial charge >= 0.3 is 0 Å². The number of ether oxygens (including phenoxy) is 2. The number of aliphatic imine (C=N–C) groups is 1. The van der Waals surface area contributed by atoms with E-state index in [2.05, 4.69) is 20.9 Å². The van der Waals surface area contributed by atoms with Crippen molar-refractivity contribution in [1.29, 1.82) is 0 Å². The first kappa shape index (κ1) is 19.5. The van der Waals surface area contributed by atoms with Crippen LogP contribution in [0.3, 0.4) is 0 Å². The third kappa shape index (κ3) is 5.90. The predicted molar refractivity (Wildman–Crippen MR) is 110 cm³/mol. The molecule has 0 aromatic heterocycles. The van der Waals surface area contributed by atoms with Crippen LogP contribution in [0.1, 0.15) is 18.4 Å². The highest BCUT2D eigenvalue weighted by atomic mass is 16.5. The van der Waals surface area contributed by atoms with Crippen LogP contribution in [-0.4, -0.2) is 38.7 Å². The van der Waals surface area contributed by atoms with Crippen LogP contribution in [0.25, 0.3) is 0 Å². The van der Waals surface area contributed by atoms with Gasteiger partial charge in [0.2, 0.25) is 5.91 Å². The van der Waals surface area contributed by atoms with Gasteiger partial charge in [-0.1, -0.05) is 30.3 Å². The van der Waals surface area contributed by atoms with Gasteiger partial charge in [0.1, 0.15) is 0 Å². The number of fused-ring (bicyclic) bond motifs is 1. The lowest BCUT2D eigenvalue weighted by molar-refractivity contribution is -0.121. The SMILES string of the molecule is CN=C(NCCC(=O)NCc1ccccc1)Nc1ccc2c(c1)OCCCO2. The van der Waals surface area contributed by atoms with Crippen LogP contribution in [0, 0.1) is 0 Å². The van der Waals surface area contributed by atoms with E-state index in [1.807, 2.05) is 48.5 Å². The number of rotatable bonds is 6. The molecule has 1 amide bonds. The molecule has 3 N–H and O–H groups in total. The number of guanidine groups is 1. The van der Waals surface area contributed by atoms with E-state index in [0.717, 1.165) is 29.2 Å². The number of hydrogen-bond donors (Lipinski definition) is 3. The van der Waals surface area contributed by atoms with Crippen LogP contribution >= 0.6 is 0 Å². The average Bonchev–Trinajstić information content (AvgIpc) is 2.97. The first-order valence-electron chi connectivity index (χ1n) is 9.42. The number of nitrogens with zero attached hydrogens (tertiary/aromatic N) is 1. The Hall–Kier alpha value is -3.22. The molecule has 2 aromatic rings. The van der Waals surface area contributed by atoms with Crippen molar-refractivity contribution >= 4 is 17.6 Å². The molecule has 0 radical (unpaired) electrons. The van der Waals surface area contributed by atoms with Crippen molar-refractivity contribution in [3.8, 4) is 11.5 Å². The summed E-state index contributed by atoms with van der Waals surface area (Å²) in [6.07, 6.45) is 1.22. The molecule has 0 saturated carbocycles. The third-order valence-electron chi connectivity index (χ3n) is 4.21. The van der Waals surface area contributed by atoms with Gasteiger partial charge in [0.15, 0.2) is 17.5 Å². The largest absolute Gasteiger partial charge is 0.490 e. The van der Waals surface area contributed by atoms with E-state index < -0.39 is 0 Å². The summed E-state index contributed by atoms with van der Waals surface area (Å²) in [4.78, 5) is 16.2. The normalized spacial score (nSPS) is 13.4. The van der Waals surface area contributed by atoms with Gasteiger partial charge in [-0.25, -0.2) is 0 Å². The van der Waals surface area contributed by atoms with Crippen molar-refractivity contribution in [2.75, 3.05) is 32.1 Å². The molecule has 1 aliphatic rings. The second-order valence-electron chi connectivity index (χ2n) is 6.35. The highest BCUT2D eigenvalue weighted by molar-refractivity contribution is 5.94. The summed E-state index contributed by atoms with van der Waals surface area (Å²) in [5.74, 6) is 2.05. The minimum atomic E-state index is -0.0117. The molecule has 148 valence electrons. The van der Waals surface area contributed by atoms with Crippen LogP contribution in [-0.2, 0) is 11.3 Å². The Bertz CT molecular complexity index is 809. The summed E-state index contributed by atoms with van der Waals surface area (Å²) in [6, 6.07) is 15.5. The molecule has 1 heterocycles. The minimum Gasteiger partial charge on any atom is -0.490 e. The molecule has 2 aromatic carbocycles. The molecule has 1 aliphatic heterocycles. The lowest BCUT2D eigenvalue weighted by Gasteiger charge is -2.14. The molecule has 0 fully saturated rings. The fourth-order valence-electron chi connectivity index (χ4n) is 2.74. The Morgan fingerprint density at radius 3 is 2.61 bits per heavy atom. The molecule has 0 bridgehead atoms. The van der Waals surface area contributed by atoms with E-state index >= 15 is 0 Å². The molecular formula is C21H26N4O3. The van der Waals surface area contributed by atoms with Gasteiger partial charge in [0.05, 0.1) is 13.2 Å². The molecule has 0 aliphatic carbocycles. The van der Waals surface area contributed by atoms with E-state index in [1.165, 1.54) is 0 Å². The minimum absolute atomic E-state index is 0.0117. The lowest BCUT2D eigenvalue weighted by atomic mass is 10.2. The number of amides is 1. The molecule has 0 saturated heterocycles. The molecule has 0 atom stereocenters. The van der Waals surface area contributed by atoms with E-state index in [-0.39, 0.29) is 5.91 Å². The van der Waals surface area contributed by atoms with Gasteiger partial charge in [-0.15, -0.1) is 0 Å². The summed E-state index contributed by atoms with van der Waals surface area (Å²) in [7, 11) is 1.69. The second kappa shape index (κ2) is 10.2. The summed E-state index contributed by atoms with van der Waals surface area (Å²) < 4.78 is 11.3. The number of anilines is 1. The van der Waals surface area contributed by atoms with Crippen molar-refractivity contribution < 1.29 is 14.3 Å². The monoisotopic (exact) mass is 382 g/mol. The zero-order chi connectivity index (χ0) is 19.6. The Kier molecular flexibility index (Phi) is 7.12. The number of carbonyl (C=O) groups is 1. The first-order chi connectivity index (χ1) is 13.7. The number of nitrogens with one attached hydrogen (secondary N) is 3. The number of hydrogen-bond acceptors (Lipinski definition) is 4. The van der Waals surface area contributed by atoms with Crippen LogP contribution in [0.15, 0.2) is 53.5 Å². The van der Waals surface area contributed by atoms with Crippen LogP contribution < -0.4 is 25.4 Å². The van der Waals surface area contributed by atoms with Crippen molar-refractivity contribution in [2.24, 2.45) is 4.99 Å². The van der Waals surface area contributed by atoms with Gasteiger partial charge in [-0.2, -0.15) is 0 Å². The third-order valence-corrected chi connectivity index (χ3v) is 4.21. The number of benzene rings is 2. The second-order valence-corrected chi connectivity index (χ2v) is 6.35. The van der Waals surface area contributed by atoms with Crippen LogP contribution in [0.4, 0.5) is 5.69 Å². The van der Waals surface area contributed by atoms with E-state index in [4.69, 9.17) is 9.47 Å². The highest BCUT2D eigenvalue weighted by Crippen LogP contribution is 2.32. The van der Waals surface area contributed by atoms with Crippen molar-refractivity contribution in [3.63, 3.8) is 0 Å². The first-order valence-corrected chi connectivity index (χ1v) is 9.42. The summed E-state index contributed by atoms with van der Waals surface area (Å²) in [5.41, 5.74) is 1.92. The molecule has 0 spiro atoms. The maximum absolute atomic E-state index is 12.0. The summed E-state index contributed by atoms with van der Waals surface area (Å²) in [6.45, 7) is 2.31. The molecule has 7 heteroatoms. The Balaban J connectivity index is 1.43. The average molecular weight is 382 g/mol. The topological polar surface area (TPSA) is 84.0 Å². The van der Waals surface area contributed by atoms with E-state index in [1.54, 1.807) is 7.05 Å². The predicted octanol–water partition coefficient (Wildman–Crippen LogP) is 2.54. The quantitative estimate of drug-likeness (QED) is 0.528. The van der Waals surface area contributed by atoms with Gasteiger partial charge in [-0.05, 0) is 17.7 Å². The molecule has 7 nitrogen and oxygen atoms in total. The fourth-order valence-corrected chi connectivity index (χ4v) is 2.74.